The normalized spacial score (nSPS) is 15.8. The summed E-state index contributed by atoms with van der Waals surface area (Å²) in [6.07, 6.45) is 2.17. The first-order chi connectivity index (χ1) is 9.40. The van der Waals surface area contributed by atoms with Crippen molar-refractivity contribution < 1.29 is 12.8 Å². The van der Waals surface area contributed by atoms with Crippen molar-refractivity contribution in [2.75, 3.05) is 13.1 Å². The van der Waals surface area contributed by atoms with Gasteiger partial charge in [0.05, 0.1) is 4.90 Å². The molecule has 2 rings (SSSR count). The van der Waals surface area contributed by atoms with E-state index >= 15 is 0 Å². The zero-order valence-corrected chi connectivity index (χ0v) is 12.7. The molecule has 0 bridgehead atoms. The summed E-state index contributed by atoms with van der Waals surface area (Å²) in [6.45, 7) is 4.34. The van der Waals surface area contributed by atoms with E-state index in [0.717, 1.165) is 12.8 Å². The SMILES string of the molecule is CCN(CC1CC1)S(=O)(=O)c1cc(C)c(F)c(CN)c1. The van der Waals surface area contributed by atoms with Crippen LogP contribution in [-0.4, -0.2) is 25.8 Å². The molecule has 20 heavy (non-hydrogen) atoms. The first-order valence-electron chi connectivity index (χ1n) is 6.89. The highest BCUT2D eigenvalue weighted by molar-refractivity contribution is 7.89. The van der Waals surface area contributed by atoms with Crippen LogP contribution in [0.15, 0.2) is 17.0 Å². The van der Waals surface area contributed by atoms with E-state index in [1.165, 1.54) is 16.4 Å². The number of nitrogens with two attached hydrogens (primary N) is 1. The Kier molecular flexibility index (Phi) is 4.46. The quantitative estimate of drug-likeness (QED) is 0.874. The molecular weight excluding hydrogens is 279 g/mol. The van der Waals surface area contributed by atoms with E-state index in [0.29, 0.717) is 24.6 Å². The summed E-state index contributed by atoms with van der Waals surface area (Å²) >= 11 is 0. The van der Waals surface area contributed by atoms with E-state index in [9.17, 15) is 12.8 Å². The van der Waals surface area contributed by atoms with Crippen LogP contribution >= 0.6 is 0 Å². The summed E-state index contributed by atoms with van der Waals surface area (Å²) in [6, 6.07) is 2.74. The van der Waals surface area contributed by atoms with Gasteiger partial charge in [0.2, 0.25) is 10.0 Å². The molecule has 0 spiro atoms. The van der Waals surface area contributed by atoms with Crippen LogP contribution in [0.1, 0.15) is 30.9 Å². The Morgan fingerprint density at radius 3 is 2.55 bits per heavy atom. The third kappa shape index (κ3) is 3.02. The summed E-state index contributed by atoms with van der Waals surface area (Å²) in [4.78, 5) is 0.138. The number of hydrogen-bond donors (Lipinski definition) is 1. The lowest BCUT2D eigenvalue weighted by molar-refractivity contribution is 0.412. The largest absolute Gasteiger partial charge is 0.326 e. The van der Waals surface area contributed by atoms with Crippen LogP contribution in [0.5, 0.6) is 0 Å². The molecule has 1 aliphatic rings. The molecule has 1 aliphatic carbocycles. The number of benzene rings is 1. The molecule has 1 fully saturated rings. The van der Waals surface area contributed by atoms with E-state index in [1.54, 1.807) is 6.92 Å². The lowest BCUT2D eigenvalue weighted by atomic mass is 10.1. The number of aryl methyl sites for hydroxylation is 1. The molecule has 0 radical (unpaired) electrons. The van der Waals surface area contributed by atoms with Gasteiger partial charge in [0, 0.05) is 25.2 Å². The molecule has 1 aromatic carbocycles. The maximum Gasteiger partial charge on any atom is 0.243 e. The number of sulfonamides is 1. The Morgan fingerprint density at radius 1 is 1.40 bits per heavy atom. The van der Waals surface area contributed by atoms with Crippen LogP contribution in [-0.2, 0) is 16.6 Å². The van der Waals surface area contributed by atoms with E-state index in [2.05, 4.69) is 0 Å². The minimum absolute atomic E-state index is 0.00914. The Labute approximate surface area is 119 Å². The van der Waals surface area contributed by atoms with Crippen molar-refractivity contribution in [1.82, 2.24) is 4.31 Å². The number of halogens is 1. The Morgan fingerprint density at radius 2 is 2.05 bits per heavy atom. The first kappa shape index (κ1) is 15.4. The maximum atomic E-state index is 13.8. The van der Waals surface area contributed by atoms with Gasteiger partial charge in [-0.05, 0) is 43.4 Å². The predicted molar refractivity (Wildman–Crippen MR) is 76.2 cm³/mol. The molecule has 0 aliphatic heterocycles. The fourth-order valence-corrected chi connectivity index (χ4v) is 3.90. The second-order valence-electron chi connectivity index (χ2n) is 5.32. The van der Waals surface area contributed by atoms with Gasteiger partial charge in [0.15, 0.2) is 0 Å². The first-order valence-corrected chi connectivity index (χ1v) is 8.33. The van der Waals surface area contributed by atoms with Gasteiger partial charge in [-0.25, -0.2) is 12.8 Å². The molecule has 6 heteroatoms. The molecule has 0 atom stereocenters. The van der Waals surface area contributed by atoms with Crippen molar-refractivity contribution >= 4 is 10.0 Å². The molecule has 0 amide bonds. The fraction of sp³-hybridized carbons (Fsp3) is 0.571. The number of nitrogens with zero attached hydrogens (tertiary/aromatic N) is 1. The average molecular weight is 300 g/mol. The van der Waals surface area contributed by atoms with Crippen LogP contribution < -0.4 is 5.73 Å². The second-order valence-corrected chi connectivity index (χ2v) is 7.25. The molecule has 0 aromatic heterocycles. The van der Waals surface area contributed by atoms with Crippen LogP contribution in [0.4, 0.5) is 4.39 Å². The average Bonchev–Trinajstić information content (AvgIpc) is 3.22. The number of hydrogen-bond acceptors (Lipinski definition) is 3. The van der Waals surface area contributed by atoms with Crippen LogP contribution in [0.25, 0.3) is 0 Å². The van der Waals surface area contributed by atoms with Crippen molar-refractivity contribution in [2.24, 2.45) is 11.7 Å². The van der Waals surface area contributed by atoms with Crippen molar-refractivity contribution in [3.8, 4) is 0 Å². The Balaban J connectivity index is 2.39. The van der Waals surface area contributed by atoms with E-state index in [-0.39, 0.29) is 17.0 Å². The minimum atomic E-state index is -3.57. The maximum absolute atomic E-state index is 13.8. The van der Waals surface area contributed by atoms with Gasteiger partial charge < -0.3 is 5.73 Å². The summed E-state index contributed by atoms with van der Waals surface area (Å²) in [5.74, 6) is 0.0527. The highest BCUT2D eigenvalue weighted by Gasteiger charge is 2.31. The van der Waals surface area contributed by atoms with Crippen LogP contribution in [0, 0.1) is 18.7 Å². The van der Waals surface area contributed by atoms with Crippen LogP contribution in [0.3, 0.4) is 0 Å². The van der Waals surface area contributed by atoms with Gasteiger partial charge in [0.25, 0.3) is 0 Å². The Bertz CT molecular complexity index is 597. The smallest absolute Gasteiger partial charge is 0.243 e. The van der Waals surface area contributed by atoms with E-state index in [1.807, 2.05) is 6.92 Å². The minimum Gasteiger partial charge on any atom is -0.326 e. The highest BCUT2D eigenvalue weighted by Crippen LogP contribution is 2.32. The van der Waals surface area contributed by atoms with Crippen LogP contribution in [0.2, 0.25) is 0 Å². The molecule has 1 aromatic rings. The molecule has 2 N–H and O–H groups in total. The predicted octanol–water partition coefficient (Wildman–Crippen LogP) is 2.01. The second kappa shape index (κ2) is 5.79. The summed E-state index contributed by atoms with van der Waals surface area (Å²) < 4.78 is 40.5. The Hall–Kier alpha value is -0.980. The molecule has 0 unspecified atom stereocenters. The summed E-state index contributed by atoms with van der Waals surface area (Å²) in [5.41, 5.74) is 6.04. The molecule has 112 valence electrons. The standard InChI is InChI=1S/C14H21FN2O2S/c1-3-17(9-11-4-5-11)20(18,19)13-6-10(2)14(15)12(7-13)8-16/h6-7,11H,3-5,8-9,16H2,1-2H3. The zero-order chi connectivity index (χ0) is 14.9. The van der Waals surface area contributed by atoms with Crippen molar-refractivity contribution in [2.45, 2.75) is 38.1 Å². The zero-order valence-electron chi connectivity index (χ0n) is 11.9. The lowest BCUT2D eigenvalue weighted by Crippen LogP contribution is -2.33. The van der Waals surface area contributed by atoms with Crippen molar-refractivity contribution in [1.29, 1.82) is 0 Å². The van der Waals surface area contributed by atoms with Crippen molar-refractivity contribution in [3.05, 3.63) is 29.1 Å². The third-order valence-electron chi connectivity index (χ3n) is 3.67. The van der Waals surface area contributed by atoms with Gasteiger partial charge in [-0.15, -0.1) is 0 Å². The van der Waals surface area contributed by atoms with Gasteiger partial charge in [0.1, 0.15) is 5.82 Å². The molecule has 1 saturated carbocycles. The molecule has 4 nitrogen and oxygen atoms in total. The fourth-order valence-electron chi connectivity index (χ4n) is 2.24. The van der Waals surface area contributed by atoms with E-state index in [4.69, 9.17) is 5.73 Å². The van der Waals surface area contributed by atoms with Gasteiger partial charge in [-0.3, -0.25) is 0 Å². The van der Waals surface area contributed by atoms with Gasteiger partial charge in [-0.2, -0.15) is 4.31 Å². The molecule has 0 saturated heterocycles. The van der Waals surface area contributed by atoms with E-state index < -0.39 is 15.8 Å². The number of rotatable bonds is 6. The topological polar surface area (TPSA) is 63.4 Å². The molecule has 0 heterocycles. The lowest BCUT2D eigenvalue weighted by Gasteiger charge is -2.21. The molecular formula is C14H21FN2O2S. The summed E-state index contributed by atoms with van der Waals surface area (Å²) in [7, 11) is -3.57. The van der Waals surface area contributed by atoms with Gasteiger partial charge in [-0.1, -0.05) is 6.92 Å². The third-order valence-corrected chi connectivity index (χ3v) is 5.59. The highest BCUT2D eigenvalue weighted by atomic mass is 32.2. The van der Waals surface area contributed by atoms with Crippen molar-refractivity contribution in [3.63, 3.8) is 0 Å². The van der Waals surface area contributed by atoms with Gasteiger partial charge >= 0.3 is 0 Å². The summed E-state index contributed by atoms with van der Waals surface area (Å²) in [5, 5.41) is 0. The monoisotopic (exact) mass is 300 g/mol.